The van der Waals surface area contributed by atoms with Gasteiger partial charge >= 0.3 is 0 Å². The van der Waals surface area contributed by atoms with Crippen molar-refractivity contribution in [2.75, 3.05) is 14.2 Å². The van der Waals surface area contributed by atoms with Gasteiger partial charge in [-0.3, -0.25) is 18.2 Å². The minimum atomic E-state index is -0.619. The summed E-state index contributed by atoms with van der Waals surface area (Å²) in [5, 5.41) is 0. The molecule has 162 valence electrons. The van der Waals surface area contributed by atoms with Crippen molar-refractivity contribution in [2.24, 2.45) is 0 Å². The van der Waals surface area contributed by atoms with E-state index in [4.69, 9.17) is 9.47 Å². The van der Waals surface area contributed by atoms with Crippen molar-refractivity contribution in [3.8, 4) is 23.7 Å². The molecular weight excluding hydrogens is 444 g/mol. The maximum Gasteiger partial charge on any atom is 0.266 e. The monoisotopic (exact) mass is 464 g/mol. The Kier molecular flexibility index (Phi) is 7.09. The number of rotatable bonds is 5. The first-order chi connectivity index (χ1) is 15.6. The van der Waals surface area contributed by atoms with Gasteiger partial charge in [0.25, 0.3) is 11.8 Å². The molecule has 4 atom stereocenters. The van der Waals surface area contributed by atoms with Crippen molar-refractivity contribution in [3.63, 3.8) is 0 Å². The van der Waals surface area contributed by atoms with E-state index in [2.05, 4.69) is 23.7 Å². The number of carbonyl (C=O) groups excluding carboxylic acids is 2. The van der Waals surface area contributed by atoms with Gasteiger partial charge in [0.2, 0.25) is 0 Å². The lowest BCUT2D eigenvalue weighted by atomic mass is 10.0. The minimum absolute atomic E-state index is 0.180. The van der Waals surface area contributed by atoms with Gasteiger partial charge < -0.3 is 9.47 Å². The molecule has 4 rings (SSSR count). The van der Waals surface area contributed by atoms with Crippen LogP contribution in [0.15, 0.2) is 60.7 Å². The van der Waals surface area contributed by atoms with Gasteiger partial charge in [0, 0.05) is 47.3 Å². The number of methoxy groups -OCH3 is 2. The maximum absolute atomic E-state index is 12.5. The van der Waals surface area contributed by atoms with Gasteiger partial charge in [-0.1, -0.05) is 60.1 Å². The van der Waals surface area contributed by atoms with Crippen LogP contribution < -0.4 is 0 Å². The van der Waals surface area contributed by atoms with Gasteiger partial charge in [0.15, 0.2) is 12.2 Å². The first-order valence-electron chi connectivity index (χ1n) is 9.83. The Morgan fingerprint density at radius 1 is 0.688 bits per heavy atom. The minimum Gasteiger partial charge on any atom is -0.368 e. The summed E-state index contributed by atoms with van der Waals surface area (Å²) in [6, 6.07) is 18.3. The number of hydrogen-bond donors (Lipinski definition) is 0. The highest BCUT2D eigenvalue weighted by molar-refractivity contribution is 8.75. The van der Waals surface area contributed by atoms with Gasteiger partial charge in [-0.25, -0.2) is 0 Å². The molecule has 4 unspecified atom stereocenters. The molecule has 8 heteroatoms. The second-order valence-corrected chi connectivity index (χ2v) is 8.93. The van der Waals surface area contributed by atoms with Crippen LogP contribution in [0.2, 0.25) is 0 Å². The third kappa shape index (κ3) is 4.50. The summed E-state index contributed by atoms with van der Waals surface area (Å²) in [5.41, 5.74) is 1.72. The third-order valence-corrected chi connectivity index (χ3v) is 7.34. The number of carbonyl (C=O) groups is 2. The lowest BCUT2D eigenvalue weighted by Crippen LogP contribution is -2.63. The van der Waals surface area contributed by atoms with Crippen LogP contribution in [0.25, 0.3) is 0 Å². The molecule has 0 saturated carbocycles. The Balaban J connectivity index is 1.43. The molecule has 2 fully saturated rings. The van der Waals surface area contributed by atoms with Gasteiger partial charge in [-0.05, 0) is 24.3 Å². The first kappa shape index (κ1) is 22.3. The highest BCUT2D eigenvalue weighted by Gasteiger charge is 2.52. The van der Waals surface area contributed by atoms with Gasteiger partial charge in [-0.2, -0.15) is 0 Å². The molecule has 0 aromatic heterocycles. The number of β-lactam (4-membered cyclic amide) rings is 2. The molecule has 32 heavy (non-hydrogen) atoms. The van der Waals surface area contributed by atoms with E-state index in [1.54, 1.807) is 0 Å². The summed E-state index contributed by atoms with van der Waals surface area (Å²) < 4.78 is 13.7. The molecule has 2 aromatic rings. The normalized spacial score (nSPS) is 23.9. The molecule has 0 spiro atoms. The summed E-state index contributed by atoms with van der Waals surface area (Å²) in [4.78, 5) is 24.9. The van der Waals surface area contributed by atoms with Crippen molar-refractivity contribution in [1.29, 1.82) is 0 Å². The Morgan fingerprint density at radius 3 is 1.41 bits per heavy atom. The van der Waals surface area contributed by atoms with E-state index in [-0.39, 0.29) is 11.8 Å². The van der Waals surface area contributed by atoms with Crippen LogP contribution in [0.3, 0.4) is 0 Å². The second-order valence-electron chi connectivity index (χ2n) is 6.95. The van der Waals surface area contributed by atoms with Crippen LogP contribution in [0, 0.1) is 23.7 Å². The first-order valence-corrected chi connectivity index (χ1v) is 11.9. The molecular formula is C24H20N2O4S2. The average Bonchev–Trinajstić information content (AvgIpc) is 2.83. The van der Waals surface area contributed by atoms with E-state index >= 15 is 0 Å². The average molecular weight is 465 g/mol. The Morgan fingerprint density at radius 2 is 1.06 bits per heavy atom. The molecule has 0 N–H and O–H groups in total. The fourth-order valence-corrected chi connectivity index (χ4v) is 5.64. The molecule has 0 bridgehead atoms. The lowest BCUT2D eigenvalue weighted by molar-refractivity contribution is -0.154. The zero-order valence-electron chi connectivity index (χ0n) is 17.4. The van der Waals surface area contributed by atoms with Gasteiger partial charge in [-0.15, -0.1) is 0 Å². The van der Waals surface area contributed by atoms with Crippen molar-refractivity contribution in [3.05, 3.63) is 71.8 Å². The van der Waals surface area contributed by atoms with Crippen molar-refractivity contribution in [2.45, 2.75) is 24.3 Å². The smallest absolute Gasteiger partial charge is 0.266 e. The number of ether oxygens (including phenoxy) is 2. The van der Waals surface area contributed by atoms with Crippen molar-refractivity contribution >= 4 is 33.8 Å². The van der Waals surface area contributed by atoms with Crippen molar-refractivity contribution < 1.29 is 19.1 Å². The van der Waals surface area contributed by atoms with E-state index in [0.717, 1.165) is 33.1 Å². The molecule has 2 amide bonds. The Hall–Kier alpha value is -2.88. The van der Waals surface area contributed by atoms with Gasteiger partial charge in [0.1, 0.15) is 12.1 Å². The largest absolute Gasteiger partial charge is 0.368 e. The molecule has 0 radical (unpaired) electrons. The summed E-state index contributed by atoms with van der Waals surface area (Å²) >= 11 is 0. The van der Waals surface area contributed by atoms with Gasteiger partial charge in [0.05, 0.1) is 0 Å². The van der Waals surface area contributed by atoms with E-state index in [1.165, 1.54) is 22.8 Å². The van der Waals surface area contributed by atoms with E-state index < -0.39 is 24.3 Å². The van der Waals surface area contributed by atoms with Crippen molar-refractivity contribution in [1.82, 2.24) is 8.61 Å². The maximum atomic E-state index is 12.5. The van der Waals surface area contributed by atoms with Crippen LogP contribution >= 0.6 is 22.0 Å². The molecule has 2 aromatic carbocycles. The molecule has 2 aliphatic rings. The van der Waals surface area contributed by atoms with Crippen LogP contribution in [0.4, 0.5) is 0 Å². The number of benzene rings is 2. The zero-order chi connectivity index (χ0) is 22.5. The number of amides is 2. The van der Waals surface area contributed by atoms with Crippen LogP contribution in [0.1, 0.15) is 11.1 Å². The number of nitrogens with zero attached hydrogens (tertiary/aromatic N) is 2. The topological polar surface area (TPSA) is 59.1 Å². The summed E-state index contributed by atoms with van der Waals surface area (Å²) in [6.07, 6.45) is -1.24. The van der Waals surface area contributed by atoms with E-state index in [9.17, 15) is 9.59 Å². The summed E-state index contributed by atoms with van der Waals surface area (Å²) in [5.74, 6) is 12.0. The SMILES string of the molecule is COC1C(=O)N(SSN2C(=O)C(OC)C2C#Cc2ccccc2)C1C#Cc1ccccc1. The summed E-state index contributed by atoms with van der Waals surface area (Å²) in [7, 11) is 5.30. The third-order valence-electron chi connectivity index (χ3n) is 4.98. The predicted molar refractivity (Wildman–Crippen MR) is 125 cm³/mol. The quantitative estimate of drug-likeness (QED) is 0.294. The van der Waals surface area contributed by atoms with Crippen LogP contribution in [0.5, 0.6) is 0 Å². The summed E-state index contributed by atoms with van der Waals surface area (Å²) in [6.45, 7) is 0. The molecule has 2 saturated heterocycles. The van der Waals surface area contributed by atoms with Crippen LogP contribution in [-0.4, -0.2) is 58.9 Å². The zero-order valence-corrected chi connectivity index (χ0v) is 19.1. The fourth-order valence-electron chi connectivity index (χ4n) is 3.20. The standard InChI is InChI=1S/C24H20N2O4S2/c1-29-21-19(15-13-17-9-5-3-6-10-17)25(23(21)27)31-32-26-20(22(30-2)24(26)28)16-14-18-11-7-4-8-12-18/h3-12,19-22H,1-2H3. The van der Waals surface area contributed by atoms with E-state index in [0.29, 0.717) is 0 Å². The number of hydrogen-bond acceptors (Lipinski definition) is 6. The molecule has 0 aliphatic carbocycles. The highest BCUT2D eigenvalue weighted by atomic mass is 33.1. The predicted octanol–water partition coefficient (Wildman–Crippen LogP) is 2.75. The second kappa shape index (κ2) is 10.2. The lowest BCUT2D eigenvalue weighted by Gasteiger charge is -2.45. The Bertz CT molecular complexity index is 1020. The Labute approximate surface area is 195 Å². The van der Waals surface area contributed by atoms with E-state index in [1.807, 2.05) is 60.7 Å². The molecule has 2 aliphatic heterocycles. The fraction of sp³-hybridized carbons (Fsp3) is 0.250. The van der Waals surface area contributed by atoms with Crippen LogP contribution in [-0.2, 0) is 19.1 Å². The molecule has 6 nitrogen and oxygen atoms in total. The molecule has 2 heterocycles. The highest BCUT2D eigenvalue weighted by Crippen LogP contribution is 2.43.